The average Bonchev–Trinajstić information content (AvgIpc) is 2.37. The fourth-order valence-corrected chi connectivity index (χ4v) is 0.792. The Morgan fingerprint density at radius 1 is 1.80 bits per heavy atom. The van der Waals surface area contributed by atoms with Gasteiger partial charge < -0.3 is 0 Å². The van der Waals surface area contributed by atoms with Gasteiger partial charge in [-0.15, -0.1) is 6.42 Å². The highest BCUT2D eigenvalue weighted by Crippen LogP contribution is 1.93. The molecule has 2 nitrogen and oxygen atoms in total. The predicted molar refractivity (Wildman–Crippen MR) is 40.5 cm³/mol. The monoisotopic (exact) mass is 134 g/mol. The van der Waals surface area contributed by atoms with E-state index < -0.39 is 0 Å². The van der Waals surface area contributed by atoms with Crippen molar-refractivity contribution in [1.82, 2.24) is 9.78 Å². The van der Waals surface area contributed by atoms with E-state index in [2.05, 4.69) is 17.9 Å². The summed E-state index contributed by atoms with van der Waals surface area (Å²) in [4.78, 5) is 0. The number of rotatable bonds is 2. The number of nitrogens with zero attached hydrogens (tertiary/aromatic N) is 2. The minimum atomic E-state index is 0.716. The van der Waals surface area contributed by atoms with Crippen molar-refractivity contribution < 1.29 is 0 Å². The minimum Gasteiger partial charge on any atom is -0.272 e. The van der Waals surface area contributed by atoms with E-state index >= 15 is 0 Å². The van der Waals surface area contributed by atoms with Gasteiger partial charge in [-0.2, -0.15) is 5.10 Å². The van der Waals surface area contributed by atoms with Gasteiger partial charge in [0.1, 0.15) is 5.69 Å². The first-order valence-corrected chi connectivity index (χ1v) is 3.37. The van der Waals surface area contributed by atoms with E-state index in [0.717, 1.165) is 13.0 Å². The molecule has 0 atom stereocenters. The van der Waals surface area contributed by atoms with Crippen LogP contribution in [0.5, 0.6) is 0 Å². The predicted octanol–water partition coefficient (Wildman–Crippen LogP) is 1.27. The number of terminal acetylenes is 1. The van der Waals surface area contributed by atoms with E-state index in [1.165, 1.54) is 0 Å². The van der Waals surface area contributed by atoms with E-state index in [1.54, 1.807) is 0 Å². The maximum atomic E-state index is 5.13. The minimum absolute atomic E-state index is 0.716. The largest absolute Gasteiger partial charge is 0.272 e. The van der Waals surface area contributed by atoms with Crippen molar-refractivity contribution in [1.29, 1.82) is 0 Å². The lowest BCUT2D eigenvalue weighted by atomic mass is 10.5. The molecule has 0 aliphatic rings. The Morgan fingerprint density at radius 2 is 2.60 bits per heavy atom. The van der Waals surface area contributed by atoms with Crippen LogP contribution in [-0.4, -0.2) is 9.78 Å². The van der Waals surface area contributed by atoms with Gasteiger partial charge in [0.25, 0.3) is 0 Å². The average molecular weight is 134 g/mol. The first kappa shape index (κ1) is 6.88. The number of hydrogen-bond donors (Lipinski definition) is 0. The molecule has 0 aliphatic carbocycles. The number of aryl methyl sites for hydroxylation is 1. The summed E-state index contributed by atoms with van der Waals surface area (Å²) >= 11 is 0. The van der Waals surface area contributed by atoms with Crippen molar-refractivity contribution in [2.45, 2.75) is 19.9 Å². The van der Waals surface area contributed by atoms with E-state index in [0.29, 0.717) is 5.69 Å². The molecule has 0 saturated carbocycles. The van der Waals surface area contributed by atoms with Crippen molar-refractivity contribution >= 4 is 0 Å². The Labute approximate surface area is 60.9 Å². The van der Waals surface area contributed by atoms with E-state index in [4.69, 9.17) is 6.42 Å². The van der Waals surface area contributed by atoms with Crippen molar-refractivity contribution in [3.05, 3.63) is 18.0 Å². The third-order valence-electron chi connectivity index (χ3n) is 1.24. The maximum Gasteiger partial charge on any atom is 0.134 e. The normalized spacial score (nSPS) is 9.20. The standard InChI is InChI=1S/C8H10N2/c1-3-6-10-7-5-8(4-2)9-10/h2,5,7H,3,6H2,1H3. The van der Waals surface area contributed by atoms with Crippen LogP contribution in [0.3, 0.4) is 0 Å². The second-order valence-corrected chi connectivity index (χ2v) is 2.11. The van der Waals surface area contributed by atoms with Crippen molar-refractivity contribution in [2.24, 2.45) is 0 Å². The zero-order chi connectivity index (χ0) is 7.40. The Hall–Kier alpha value is -1.23. The summed E-state index contributed by atoms with van der Waals surface area (Å²) in [6, 6.07) is 1.84. The fourth-order valence-electron chi connectivity index (χ4n) is 0.792. The van der Waals surface area contributed by atoms with Crippen LogP contribution in [0.4, 0.5) is 0 Å². The molecular formula is C8H10N2. The van der Waals surface area contributed by atoms with Gasteiger partial charge in [-0.05, 0) is 18.4 Å². The Balaban J connectivity index is 2.71. The molecule has 0 aromatic carbocycles. The quantitative estimate of drug-likeness (QED) is 0.557. The summed E-state index contributed by atoms with van der Waals surface area (Å²) in [7, 11) is 0. The molecule has 52 valence electrons. The van der Waals surface area contributed by atoms with Gasteiger partial charge in [0, 0.05) is 12.7 Å². The maximum absolute atomic E-state index is 5.13. The second kappa shape index (κ2) is 3.07. The Morgan fingerprint density at radius 3 is 3.10 bits per heavy atom. The zero-order valence-electron chi connectivity index (χ0n) is 6.04. The lowest BCUT2D eigenvalue weighted by Crippen LogP contribution is -1.96. The molecule has 1 heterocycles. The summed E-state index contributed by atoms with van der Waals surface area (Å²) in [5.74, 6) is 2.47. The van der Waals surface area contributed by atoms with Gasteiger partial charge in [0.15, 0.2) is 0 Å². The summed E-state index contributed by atoms with van der Waals surface area (Å²) in [6.07, 6.45) is 8.12. The Bertz CT molecular complexity index is 242. The highest BCUT2D eigenvalue weighted by atomic mass is 15.3. The molecule has 0 aliphatic heterocycles. The molecule has 1 aromatic heterocycles. The van der Waals surface area contributed by atoms with Crippen LogP contribution < -0.4 is 0 Å². The van der Waals surface area contributed by atoms with Gasteiger partial charge in [-0.1, -0.05) is 6.92 Å². The van der Waals surface area contributed by atoms with Crippen LogP contribution in [0, 0.1) is 12.3 Å². The van der Waals surface area contributed by atoms with E-state index in [-0.39, 0.29) is 0 Å². The lowest BCUT2D eigenvalue weighted by Gasteiger charge is -1.93. The van der Waals surface area contributed by atoms with Crippen LogP contribution in [0.15, 0.2) is 12.3 Å². The highest BCUT2D eigenvalue weighted by molar-refractivity contribution is 5.21. The topological polar surface area (TPSA) is 17.8 Å². The molecule has 1 aromatic rings. The molecule has 0 fully saturated rings. The van der Waals surface area contributed by atoms with E-state index in [9.17, 15) is 0 Å². The van der Waals surface area contributed by atoms with Crippen molar-refractivity contribution in [2.75, 3.05) is 0 Å². The molecule has 1 rings (SSSR count). The van der Waals surface area contributed by atoms with Crippen LogP contribution in [0.25, 0.3) is 0 Å². The van der Waals surface area contributed by atoms with Crippen molar-refractivity contribution in [3.8, 4) is 12.3 Å². The number of hydrogen-bond acceptors (Lipinski definition) is 1. The Kier molecular flexibility index (Phi) is 2.11. The van der Waals surface area contributed by atoms with Crippen LogP contribution in [-0.2, 0) is 6.54 Å². The molecule has 0 amide bonds. The van der Waals surface area contributed by atoms with Crippen LogP contribution in [0.1, 0.15) is 19.0 Å². The van der Waals surface area contributed by atoms with E-state index in [1.807, 2.05) is 16.9 Å². The molecule has 0 spiro atoms. The van der Waals surface area contributed by atoms with Gasteiger partial charge in [-0.3, -0.25) is 4.68 Å². The molecule has 0 saturated heterocycles. The summed E-state index contributed by atoms with van der Waals surface area (Å²) in [5, 5.41) is 4.10. The molecule has 2 heteroatoms. The van der Waals surface area contributed by atoms with Crippen LogP contribution >= 0.6 is 0 Å². The SMILES string of the molecule is C#Cc1ccn(CCC)n1. The summed E-state index contributed by atoms with van der Waals surface area (Å²) < 4.78 is 1.86. The van der Waals surface area contributed by atoms with Gasteiger partial charge >= 0.3 is 0 Å². The highest BCUT2D eigenvalue weighted by Gasteiger charge is 1.91. The fraction of sp³-hybridized carbons (Fsp3) is 0.375. The smallest absolute Gasteiger partial charge is 0.134 e. The third-order valence-corrected chi connectivity index (χ3v) is 1.24. The molecule has 0 radical (unpaired) electrons. The molecular weight excluding hydrogens is 124 g/mol. The van der Waals surface area contributed by atoms with Crippen LogP contribution in [0.2, 0.25) is 0 Å². The molecule has 0 unspecified atom stereocenters. The first-order chi connectivity index (χ1) is 4.86. The lowest BCUT2D eigenvalue weighted by molar-refractivity contribution is 0.601. The summed E-state index contributed by atoms with van der Waals surface area (Å²) in [6.45, 7) is 3.05. The first-order valence-electron chi connectivity index (χ1n) is 3.37. The third kappa shape index (κ3) is 1.38. The molecule has 0 N–H and O–H groups in total. The number of aromatic nitrogens is 2. The second-order valence-electron chi connectivity index (χ2n) is 2.11. The van der Waals surface area contributed by atoms with Gasteiger partial charge in [-0.25, -0.2) is 0 Å². The summed E-state index contributed by atoms with van der Waals surface area (Å²) in [5.41, 5.74) is 0.716. The molecule has 10 heavy (non-hydrogen) atoms. The van der Waals surface area contributed by atoms with Crippen molar-refractivity contribution in [3.63, 3.8) is 0 Å². The molecule has 0 bridgehead atoms. The zero-order valence-corrected chi connectivity index (χ0v) is 6.04. The van der Waals surface area contributed by atoms with Gasteiger partial charge in [0.05, 0.1) is 0 Å². The van der Waals surface area contributed by atoms with Gasteiger partial charge in [0.2, 0.25) is 0 Å².